The SMILES string of the molecule is CC1CN(C)CCC1NC(=O)C(C)(C)C. The fourth-order valence-corrected chi connectivity index (χ4v) is 1.95. The zero-order chi connectivity index (χ0) is 11.6. The second-order valence-corrected chi connectivity index (χ2v) is 5.86. The molecular formula is C12H24N2O. The molecule has 1 aliphatic heterocycles. The Bertz CT molecular complexity index is 232. The van der Waals surface area contributed by atoms with Crippen LogP contribution in [0.1, 0.15) is 34.1 Å². The Balaban J connectivity index is 2.49. The van der Waals surface area contributed by atoms with Gasteiger partial charge in [-0.2, -0.15) is 0 Å². The summed E-state index contributed by atoms with van der Waals surface area (Å²) in [6, 6.07) is 0.355. The molecular weight excluding hydrogens is 188 g/mol. The van der Waals surface area contributed by atoms with Crippen LogP contribution in [0.25, 0.3) is 0 Å². The number of amides is 1. The molecule has 0 spiro atoms. The third-order valence-corrected chi connectivity index (χ3v) is 3.11. The molecule has 1 rings (SSSR count). The fourth-order valence-electron chi connectivity index (χ4n) is 1.95. The number of hydrogen-bond donors (Lipinski definition) is 1. The van der Waals surface area contributed by atoms with Gasteiger partial charge in [0.05, 0.1) is 0 Å². The molecule has 88 valence electrons. The third-order valence-electron chi connectivity index (χ3n) is 3.11. The number of hydrogen-bond acceptors (Lipinski definition) is 2. The van der Waals surface area contributed by atoms with Gasteiger partial charge in [-0.25, -0.2) is 0 Å². The molecule has 15 heavy (non-hydrogen) atoms. The van der Waals surface area contributed by atoms with Crippen molar-refractivity contribution in [2.24, 2.45) is 11.3 Å². The van der Waals surface area contributed by atoms with Crippen LogP contribution in [-0.4, -0.2) is 37.0 Å². The van der Waals surface area contributed by atoms with E-state index in [1.807, 2.05) is 20.8 Å². The summed E-state index contributed by atoms with van der Waals surface area (Å²) in [4.78, 5) is 14.2. The number of rotatable bonds is 1. The van der Waals surface area contributed by atoms with Crippen molar-refractivity contribution in [3.05, 3.63) is 0 Å². The molecule has 1 heterocycles. The van der Waals surface area contributed by atoms with E-state index in [-0.39, 0.29) is 11.3 Å². The monoisotopic (exact) mass is 212 g/mol. The van der Waals surface area contributed by atoms with E-state index >= 15 is 0 Å². The van der Waals surface area contributed by atoms with Crippen LogP contribution in [0.15, 0.2) is 0 Å². The Labute approximate surface area is 93.2 Å². The van der Waals surface area contributed by atoms with Crippen LogP contribution in [0.2, 0.25) is 0 Å². The number of likely N-dealkylation sites (tertiary alicyclic amines) is 1. The van der Waals surface area contributed by atoms with Crippen molar-refractivity contribution >= 4 is 5.91 Å². The maximum absolute atomic E-state index is 11.8. The van der Waals surface area contributed by atoms with Crippen LogP contribution >= 0.6 is 0 Å². The smallest absolute Gasteiger partial charge is 0.225 e. The topological polar surface area (TPSA) is 32.3 Å². The molecule has 1 amide bonds. The van der Waals surface area contributed by atoms with Crippen molar-refractivity contribution in [2.75, 3.05) is 20.1 Å². The third kappa shape index (κ3) is 3.49. The molecule has 1 aliphatic rings. The van der Waals surface area contributed by atoms with Crippen LogP contribution in [0.5, 0.6) is 0 Å². The number of carbonyl (C=O) groups is 1. The summed E-state index contributed by atoms with van der Waals surface area (Å²) in [6.07, 6.45) is 1.07. The van der Waals surface area contributed by atoms with Gasteiger partial charge in [-0.05, 0) is 25.9 Å². The standard InChI is InChI=1S/C12H24N2O/c1-9-8-14(5)7-6-10(9)13-11(15)12(2,3)4/h9-10H,6-8H2,1-5H3,(H,13,15). The molecule has 0 aromatic carbocycles. The molecule has 0 aliphatic carbocycles. The Morgan fingerprint density at radius 2 is 2.00 bits per heavy atom. The average Bonchev–Trinajstić information content (AvgIpc) is 2.08. The molecule has 3 nitrogen and oxygen atoms in total. The van der Waals surface area contributed by atoms with Crippen LogP contribution in [0.3, 0.4) is 0 Å². The van der Waals surface area contributed by atoms with Crippen molar-refractivity contribution in [3.63, 3.8) is 0 Å². The summed E-state index contributed by atoms with van der Waals surface area (Å²) in [6.45, 7) is 10.3. The van der Waals surface area contributed by atoms with Gasteiger partial charge in [0.15, 0.2) is 0 Å². The minimum atomic E-state index is -0.275. The lowest BCUT2D eigenvalue weighted by Gasteiger charge is -2.36. The molecule has 0 aromatic rings. The first-order valence-corrected chi connectivity index (χ1v) is 5.80. The molecule has 0 bridgehead atoms. The molecule has 3 heteroatoms. The largest absolute Gasteiger partial charge is 0.353 e. The number of nitrogens with one attached hydrogen (secondary N) is 1. The van der Waals surface area contributed by atoms with E-state index in [0.717, 1.165) is 19.5 Å². The van der Waals surface area contributed by atoms with Gasteiger partial charge in [0, 0.05) is 18.0 Å². The maximum atomic E-state index is 11.8. The lowest BCUT2D eigenvalue weighted by Crippen LogP contribution is -2.51. The summed E-state index contributed by atoms with van der Waals surface area (Å²) in [7, 11) is 2.14. The second-order valence-electron chi connectivity index (χ2n) is 5.86. The molecule has 0 saturated carbocycles. The lowest BCUT2D eigenvalue weighted by atomic mass is 9.90. The van der Waals surface area contributed by atoms with Gasteiger partial charge in [-0.15, -0.1) is 0 Å². The predicted octanol–water partition coefficient (Wildman–Crippen LogP) is 1.49. The first kappa shape index (κ1) is 12.5. The molecule has 2 atom stereocenters. The van der Waals surface area contributed by atoms with E-state index in [9.17, 15) is 4.79 Å². The highest BCUT2D eigenvalue weighted by molar-refractivity contribution is 5.81. The van der Waals surface area contributed by atoms with Crippen molar-refractivity contribution in [1.29, 1.82) is 0 Å². The van der Waals surface area contributed by atoms with Crippen molar-refractivity contribution in [2.45, 2.75) is 40.2 Å². The zero-order valence-electron chi connectivity index (χ0n) is 10.6. The Kier molecular flexibility index (Phi) is 3.77. The molecule has 0 radical (unpaired) electrons. The Morgan fingerprint density at radius 1 is 1.40 bits per heavy atom. The molecule has 1 fully saturated rings. The second kappa shape index (κ2) is 4.52. The highest BCUT2D eigenvalue weighted by Crippen LogP contribution is 2.19. The molecule has 1 N–H and O–H groups in total. The van der Waals surface area contributed by atoms with Gasteiger partial charge < -0.3 is 10.2 Å². The van der Waals surface area contributed by atoms with Crippen LogP contribution in [-0.2, 0) is 4.79 Å². The van der Waals surface area contributed by atoms with Crippen LogP contribution in [0.4, 0.5) is 0 Å². The summed E-state index contributed by atoms with van der Waals surface area (Å²) in [5, 5.41) is 3.16. The van der Waals surface area contributed by atoms with Gasteiger partial charge in [0.25, 0.3) is 0 Å². The Morgan fingerprint density at radius 3 is 2.47 bits per heavy atom. The van der Waals surface area contributed by atoms with Gasteiger partial charge in [-0.3, -0.25) is 4.79 Å². The average molecular weight is 212 g/mol. The number of carbonyl (C=O) groups excluding carboxylic acids is 1. The van der Waals surface area contributed by atoms with Crippen molar-refractivity contribution in [3.8, 4) is 0 Å². The maximum Gasteiger partial charge on any atom is 0.225 e. The van der Waals surface area contributed by atoms with Gasteiger partial charge in [0.1, 0.15) is 0 Å². The first-order chi connectivity index (χ1) is 6.80. The van der Waals surface area contributed by atoms with Gasteiger partial charge in [0.2, 0.25) is 5.91 Å². The minimum Gasteiger partial charge on any atom is -0.353 e. The minimum absolute atomic E-state index is 0.170. The van der Waals surface area contributed by atoms with E-state index < -0.39 is 0 Å². The first-order valence-electron chi connectivity index (χ1n) is 5.80. The van der Waals surface area contributed by atoms with Crippen LogP contribution in [0, 0.1) is 11.3 Å². The molecule has 0 aromatic heterocycles. The molecule has 2 unspecified atom stereocenters. The summed E-state index contributed by atoms with van der Waals surface area (Å²) in [5.41, 5.74) is -0.275. The summed E-state index contributed by atoms with van der Waals surface area (Å²) >= 11 is 0. The van der Waals surface area contributed by atoms with Gasteiger partial charge >= 0.3 is 0 Å². The fraction of sp³-hybridized carbons (Fsp3) is 0.917. The van der Waals surface area contributed by atoms with E-state index in [4.69, 9.17) is 0 Å². The summed E-state index contributed by atoms with van der Waals surface area (Å²) < 4.78 is 0. The highest BCUT2D eigenvalue weighted by atomic mass is 16.2. The van der Waals surface area contributed by atoms with Crippen molar-refractivity contribution in [1.82, 2.24) is 10.2 Å². The normalized spacial score (nSPS) is 28.9. The number of nitrogens with zero attached hydrogens (tertiary/aromatic N) is 1. The number of piperidine rings is 1. The van der Waals surface area contributed by atoms with Crippen LogP contribution < -0.4 is 5.32 Å². The predicted molar refractivity (Wildman–Crippen MR) is 62.7 cm³/mol. The van der Waals surface area contributed by atoms with E-state index in [1.54, 1.807) is 0 Å². The Hall–Kier alpha value is -0.570. The van der Waals surface area contributed by atoms with Gasteiger partial charge in [-0.1, -0.05) is 27.7 Å². The zero-order valence-corrected chi connectivity index (χ0v) is 10.6. The lowest BCUT2D eigenvalue weighted by molar-refractivity contribution is -0.130. The van der Waals surface area contributed by atoms with E-state index in [0.29, 0.717) is 12.0 Å². The summed E-state index contributed by atoms with van der Waals surface area (Å²) in [5.74, 6) is 0.721. The van der Waals surface area contributed by atoms with E-state index in [1.165, 1.54) is 0 Å². The van der Waals surface area contributed by atoms with Crippen molar-refractivity contribution < 1.29 is 4.79 Å². The highest BCUT2D eigenvalue weighted by Gasteiger charge is 2.29. The quantitative estimate of drug-likeness (QED) is 0.714. The molecule has 1 saturated heterocycles. The van der Waals surface area contributed by atoms with E-state index in [2.05, 4.69) is 24.2 Å².